The summed E-state index contributed by atoms with van der Waals surface area (Å²) in [7, 11) is 4.47. The number of nitrogens with one attached hydrogen (secondary N) is 1. The lowest BCUT2D eigenvalue weighted by Gasteiger charge is -2.16. The van der Waals surface area contributed by atoms with Crippen molar-refractivity contribution >= 4 is 44.8 Å². The summed E-state index contributed by atoms with van der Waals surface area (Å²) in [5.41, 5.74) is 14.8. The fourth-order valence-electron chi connectivity index (χ4n) is 3.74. The smallest absolute Gasteiger partial charge is 0.269 e. The highest BCUT2D eigenvalue weighted by molar-refractivity contribution is 7.21. The summed E-state index contributed by atoms with van der Waals surface area (Å²) in [6.07, 6.45) is 1.60. The quantitative estimate of drug-likeness (QED) is 0.363. The van der Waals surface area contributed by atoms with Crippen LogP contribution in [0.2, 0.25) is 0 Å². The highest BCUT2D eigenvalue weighted by atomic mass is 32.1. The summed E-state index contributed by atoms with van der Waals surface area (Å²) < 4.78 is 16.4. The normalized spacial score (nSPS) is 10.6. The lowest BCUT2D eigenvalue weighted by atomic mass is 9.96. The number of aromatic nitrogens is 2. The Kier molecular flexibility index (Phi) is 6.31. The molecule has 0 saturated carbocycles. The van der Waals surface area contributed by atoms with Crippen molar-refractivity contribution in [3.05, 3.63) is 46.5 Å². The average molecular weight is 491 g/mol. The van der Waals surface area contributed by atoms with E-state index in [9.17, 15) is 10.1 Å². The van der Waals surface area contributed by atoms with Gasteiger partial charge in [-0.05, 0) is 42.3 Å². The highest BCUT2D eigenvalue weighted by Gasteiger charge is 2.26. The lowest BCUT2D eigenvalue weighted by molar-refractivity contribution is 0.103. The number of carbonyl (C=O) groups excluding carboxylic acids is 1. The van der Waals surface area contributed by atoms with Crippen LogP contribution in [0.25, 0.3) is 21.3 Å². The van der Waals surface area contributed by atoms with Gasteiger partial charge < -0.3 is 31.0 Å². The first-order valence-electron chi connectivity index (χ1n) is 10.3. The fourth-order valence-corrected chi connectivity index (χ4v) is 4.75. The second-order valence-electron chi connectivity index (χ2n) is 7.47. The average Bonchev–Trinajstić information content (AvgIpc) is 3.17. The summed E-state index contributed by atoms with van der Waals surface area (Å²) in [6.45, 7) is 1.89. The summed E-state index contributed by atoms with van der Waals surface area (Å²) in [6, 6.07) is 9.04. The van der Waals surface area contributed by atoms with Gasteiger partial charge in [0, 0.05) is 17.1 Å². The molecular formula is C24H22N6O4S. The van der Waals surface area contributed by atoms with E-state index in [-0.39, 0.29) is 21.9 Å². The number of ether oxygens (including phenoxy) is 3. The number of thiophene rings is 1. The summed E-state index contributed by atoms with van der Waals surface area (Å²) in [5.74, 6) is 1.10. The van der Waals surface area contributed by atoms with Crippen LogP contribution in [0.5, 0.6) is 17.2 Å². The number of nitriles is 1. The first-order valence-corrected chi connectivity index (χ1v) is 11.1. The number of methoxy groups -OCH3 is 3. The van der Waals surface area contributed by atoms with Crippen LogP contribution in [-0.2, 0) is 0 Å². The molecule has 1 amide bonds. The maximum absolute atomic E-state index is 13.1. The molecule has 0 aliphatic carbocycles. The van der Waals surface area contributed by atoms with Crippen molar-refractivity contribution in [3.8, 4) is 34.4 Å². The molecular weight excluding hydrogens is 468 g/mol. The van der Waals surface area contributed by atoms with E-state index in [1.54, 1.807) is 24.4 Å². The number of benzene rings is 1. The Morgan fingerprint density at radius 1 is 1.11 bits per heavy atom. The number of nitrogens with zero attached hydrogens (tertiary/aromatic N) is 3. The molecule has 0 spiro atoms. The Bertz CT molecular complexity index is 1480. The third-order valence-electron chi connectivity index (χ3n) is 5.33. The first kappa shape index (κ1) is 23.6. The van der Waals surface area contributed by atoms with E-state index in [4.69, 9.17) is 25.7 Å². The molecule has 0 radical (unpaired) electrons. The lowest BCUT2D eigenvalue weighted by Crippen LogP contribution is -2.13. The van der Waals surface area contributed by atoms with E-state index in [1.165, 1.54) is 21.3 Å². The van der Waals surface area contributed by atoms with Crippen LogP contribution >= 0.6 is 11.3 Å². The summed E-state index contributed by atoms with van der Waals surface area (Å²) in [4.78, 5) is 22.2. The first-order chi connectivity index (χ1) is 16.8. The number of amides is 1. The molecule has 3 heterocycles. The standard InChI is InChI=1S/C24H22N6O4S/c1-11-5-6-28-16(7-11)29-23(31)21-19(26)18-17(13(10-25)22(27)30-24(18)35-21)12-8-14(32-2)20(34-4)15(9-12)33-3/h5-9H,26H2,1-4H3,(H2,27,30)(H,28,29,31). The third-order valence-corrected chi connectivity index (χ3v) is 6.43. The number of anilines is 3. The monoisotopic (exact) mass is 490 g/mol. The molecule has 178 valence electrons. The molecule has 4 aromatic rings. The van der Waals surface area contributed by atoms with Crippen LogP contribution in [0, 0.1) is 18.3 Å². The van der Waals surface area contributed by atoms with Crippen LogP contribution in [0.3, 0.4) is 0 Å². The number of nitrogen functional groups attached to an aromatic ring is 2. The third kappa shape index (κ3) is 4.11. The van der Waals surface area contributed by atoms with Crippen molar-refractivity contribution in [2.75, 3.05) is 38.1 Å². The van der Waals surface area contributed by atoms with Gasteiger partial charge in [0.25, 0.3) is 5.91 Å². The van der Waals surface area contributed by atoms with Gasteiger partial charge in [-0.3, -0.25) is 4.79 Å². The molecule has 0 fully saturated rings. The zero-order chi connectivity index (χ0) is 25.3. The number of rotatable bonds is 6. The predicted octanol–water partition coefficient (Wildman–Crippen LogP) is 3.98. The molecule has 3 aromatic heterocycles. The molecule has 0 aliphatic heterocycles. The molecule has 11 heteroatoms. The van der Waals surface area contributed by atoms with Gasteiger partial charge >= 0.3 is 0 Å². The topological polar surface area (TPSA) is 158 Å². The Morgan fingerprint density at radius 3 is 2.37 bits per heavy atom. The molecule has 1 aromatic carbocycles. The number of fused-ring (bicyclic) bond motifs is 1. The van der Waals surface area contributed by atoms with Gasteiger partial charge in [0.2, 0.25) is 5.75 Å². The second kappa shape index (κ2) is 9.36. The predicted molar refractivity (Wildman–Crippen MR) is 135 cm³/mol. The Labute approximate surface area is 205 Å². The zero-order valence-corrected chi connectivity index (χ0v) is 20.2. The van der Waals surface area contributed by atoms with Crippen LogP contribution in [0.15, 0.2) is 30.5 Å². The number of pyridine rings is 2. The van der Waals surface area contributed by atoms with E-state index < -0.39 is 5.91 Å². The molecule has 0 atom stereocenters. The van der Waals surface area contributed by atoms with Gasteiger partial charge in [-0.1, -0.05) is 0 Å². The van der Waals surface area contributed by atoms with Crippen molar-refractivity contribution in [2.24, 2.45) is 0 Å². The highest BCUT2D eigenvalue weighted by Crippen LogP contribution is 2.47. The molecule has 0 saturated heterocycles. The number of aryl methyl sites for hydroxylation is 1. The Balaban J connectivity index is 1.96. The van der Waals surface area contributed by atoms with Crippen molar-refractivity contribution in [1.82, 2.24) is 9.97 Å². The Hall–Kier alpha value is -4.56. The molecule has 0 unspecified atom stereocenters. The van der Waals surface area contributed by atoms with Gasteiger partial charge in [0.05, 0.1) is 27.0 Å². The Morgan fingerprint density at radius 2 is 1.80 bits per heavy atom. The van der Waals surface area contributed by atoms with Crippen LogP contribution < -0.4 is 31.0 Å². The van der Waals surface area contributed by atoms with Crippen molar-refractivity contribution in [2.45, 2.75) is 6.92 Å². The minimum Gasteiger partial charge on any atom is -0.493 e. The molecule has 4 rings (SSSR count). The van der Waals surface area contributed by atoms with E-state index in [2.05, 4.69) is 21.4 Å². The summed E-state index contributed by atoms with van der Waals surface area (Å²) in [5, 5.41) is 13.1. The van der Waals surface area contributed by atoms with Crippen LogP contribution in [-0.4, -0.2) is 37.2 Å². The maximum Gasteiger partial charge on any atom is 0.269 e. The molecule has 5 N–H and O–H groups in total. The number of carbonyl (C=O) groups is 1. The molecule has 35 heavy (non-hydrogen) atoms. The van der Waals surface area contributed by atoms with Gasteiger partial charge in [0.15, 0.2) is 11.5 Å². The molecule has 10 nitrogen and oxygen atoms in total. The minimum atomic E-state index is -0.448. The van der Waals surface area contributed by atoms with Crippen LogP contribution in [0.4, 0.5) is 17.3 Å². The van der Waals surface area contributed by atoms with E-state index in [0.717, 1.165) is 16.9 Å². The second-order valence-corrected chi connectivity index (χ2v) is 8.47. The molecule has 0 bridgehead atoms. The largest absolute Gasteiger partial charge is 0.493 e. The number of hydrogen-bond donors (Lipinski definition) is 3. The minimum absolute atomic E-state index is 0.0114. The van der Waals surface area contributed by atoms with E-state index in [1.807, 2.05) is 13.0 Å². The zero-order valence-electron chi connectivity index (χ0n) is 19.4. The van der Waals surface area contributed by atoms with Crippen molar-refractivity contribution in [3.63, 3.8) is 0 Å². The summed E-state index contributed by atoms with van der Waals surface area (Å²) >= 11 is 1.07. The number of hydrogen-bond acceptors (Lipinski definition) is 10. The SMILES string of the molecule is COc1cc(-c2c(C#N)c(N)nc3sc(C(=O)Nc4cc(C)ccn4)c(N)c23)cc(OC)c1OC. The van der Waals surface area contributed by atoms with Gasteiger partial charge in [-0.25, -0.2) is 9.97 Å². The van der Waals surface area contributed by atoms with E-state index >= 15 is 0 Å². The number of nitrogens with two attached hydrogens (primary N) is 2. The van der Waals surface area contributed by atoms with Crippen molar-refractivity contribution < 1.29 is 19.0 Å². The van der Waals surface area contributed by atoms with E-state index in [0.29, 0.717) is 44.4 Å². The van der Waals surface area contributed by atoms with Gasteiger partial charge in [-0.2, -0.15) is 5.26 Å². The molecule has 0 aliphatic rings. The van der Waals surface area contributed by atoms with Gasteiger partial charge in [-0.15, -0.1) is 11.3 Å². The maximum atomic E-state index is 13.1. The fraction of sp³-hybridized carbons (Fsp3) is 0.167. The van der Waals surface area contributed by atoms with Gasteiger partial charge in [0.1, 0.15) is 33.0 Å². The van der Waals surface area contributed by atoms with Crippen LogP contribution in [0.1, 0.15) is 20.8 Å². The van der Waals surface area contributed by atoms with Crippen molar-refractivity contribution in [1.29, 1.82) is 5.26 Å².